The van der Waals surface area contributed by atoms with Crippen molar-refractivity contribution in [2.24, 2.45) is 0 Å². The van der Waals surface area contributed by atoms with E-state index in [4.69, 9.17) is 0 Å². The first-order valence-electron chi connectivity index (χ1n) is 0. The molecule has 6 radical (unpaired) electrons. The maximum absolute atomic E-state index is 0. The van der Waals surface area contributed by atoms with Gasteiger partial charge in [0.25, 0.3) is 0 Å². The summed E-state index contributed by atoms with van der Waals surface area (Å²) in [5, 5.41) is 0. The average molecular weight is 322 g/mol. The van der Waals surface area contributed by atoms with E-state index in [2.05, 4.69) is 0 Å². The minimum Gasteiger partial charge on any atom is 0 e. The van der Waals surface area contributed by atoms with Crippen LogP contribution >= 0.6 is 0 Å². The average Bonchev–Trinajstić information content (AvgIpc) is 0. The Labute approximate surface area is 92.8 Å². The van der Waals surface area contributed by atoms with Gasteiger partial charge >= 0.3 is 0 Å². The fourth-order valence-electron chi connectivity index (χ4n) is 0. The van der Waals surface area contributed by atoms with E-state index in [1.165, 1.54) is 0 Å². The van der Waals surface area contributed by atoms with Crippen molar-refractivity contribution >= 4 is 8.41 Å². The fourth-order valence-corrected chi connectivity index (χ4v) is 0. The molecular weight excluding hydrogens is 322 g/mol. The smallest absolute Gasteiger partial charge is 0 e. The Morgan fingerprint density at radius 1 is 1.00 bits per heavy atom. The minimum absolute atomic E-state index is 0. The summed E-state index contributed by atoms with van der Waals surface area (Å²) in [5.41, 5.74) is 0. The molecule has 0 N–H and O–H groups in total. The molecule has 0 atom stereocenters. The molecule has 0 aliphatic heterocycles. The largest absolute Gasteiger partial charge is 0 e. The zero-order chi connectivity index (χ0) is 0. The van der Waals surface area contributed by atoms with Crippen molar-refractivity contribution in [2.75, 3.05) is 0 Å². The maximum Gasteiger partial charge on any atom is 0 e. The molecule has 0 aromatic carbocycles. The molecule has 0 unspecified atom stereocenters. The Balaban J connectivity index is 0. The van der Waals surface area contributed by atoms with Crippen LogP contribution in [0, 0.1) is 35.6 Å². The second-order valence-corrected chi connectivity index (χ2v) is 0. The van der Waals surface area contributed by atoms with Crippen molar-refractivity contribution in [2.45, 2.75) is 0 Å². The van der Waals surface area contributed by atoms with Crippen molar-refractivity contribution in [3.63, 3.8) is 0 Å². The van der Waals surface area contributed by atoms with Crippen LogP contribution in [0.3, 0.4) is 0 Å². The van der Waals surface area contributed by atoms with E-state index in [0.29, 0.717) is 0 Å². The standard InChI is InChI=1S/B.Co.La.Mn.Ni. The molecule has 0 fully saturated rings. The van der Waals surface area contributed by atoms with Crippen LogP contribution in [0.15, 0.2) is 0 Å². The van der Waals surface area contributed by atoms with Crippen molar-refractivity contribution in [3.8, 4) is 0 Å². The number of hydrogen-bond acceptors (Lipinski definition) is 0. The summed E-state index contributed by atoms with van der Waals surface area (Å²) in [4.78, 5) is 0. The van der Waals surface area contributed by atoms with Crippen LogP contribution in [0.2, 0.25) is 0 Å². The Bertz CT molecular complexity index is 11.6. The summed E-state index contributed by atoms with van der Waals surface area (Å²) in [6.45, 7) is 0. The first-order chi connectivity index (χ1) is 0. The molecule has 32 valence electrons. The van der Waals surface area contributed by atoms with Gasteiger partial charge in [-0.1, -0.05) is 0 Å². The topological polar surface area (TPSA) is 0 Å². The van der Waals surface area contributed by atoms with E-state index in [9.17, 15) is 0 Å². The summed E-state index contributed by atoms with van der Waals surface area (Å²) in [6, 6.07) is 0. The third-order valence-electron chi connectivity index (χ3n) is 0. The van der Waals surface area contributed by atoms with E-state index in [1.54, 1.807) is 0 Å². The van der Waals surface area contributed by atoms with Gasteiger partial charge in [0.2, 0.25) is 0 Å². The molecule has 0 bridgehead atoms. The molecule has 0 aliphatic carbocycles. The Morgan fingerprint density at radius 2 is 1.00 bits per heavy atom. The fraction of sp³-hybridized carbons (Fsp3) is 0. The second-order valence-electron chi connectivity index (χ2n) is 0. The van der Waals surface area contributed by atoms with Crippen LogP contribution in [-0.4, -0.2) is 8.41 Å². The number of rotatable bonds is 0. The van der Waals surface area contributed by atoms with Gasteiger partial charge < -0.3 is 0 Å². The maximum atomic E-state index is 0. The van der Waals surface area contributed by atoms with Crippen molar-refractivity contribution in [1.82, 2.24) is 0 Å². The van der Waals surface area contributed by atoms with Crippen molar-refractivity contribution < 1.29 is 85.9 Å². The van der Waals surface area contributed by atoms with Gasteiger partial charge in [-0.25, -0.2) is 0 Å². The molecule has 0 amide bonds. The van der Waals surface area contributed by atoms with Gasteiger partial charge in [-0.3, -0.25) is 0 Å². The summed E-state index contributed by atoms with van der Waals surface area (Å²) in [7, 11) is 0. The molecule has 0 nitrogen and oxygen atoms in total. The molecule has 5 heteroatoms. The monoisotopic (exact) mass is 322 g/mol. The van der Waals surface area contributed by atoms with Crippen LogP contribution in [0.4, 0.5) is 0 Å². The zero-order valence-corrected chi connectivity index (χ0v) is 9.02. The third-order valence-corrected chi connectivity index (χ3v) is 0. The minimum atomic E-state index is 0. The van der Waals surface area contributed by atoms with Crippen LogP contribution in [0.5, 0.6) is 0 Å². The molecule has 0 aromatic heterocycles. The van der Waals surface area contributed by atoms with Crippen LogP contribution in [0.1, 0.15) is 0 Å². The summed E-state index contributed by atoms with van der Waals surface area (Å²) in [5.74, 6) is 0. The van der Waals surface area contributed by atoms with E-state index in [0.717, 1.165) is 0 Å². The van der Waals surface area contributed by atoms with Crippen molar-refractivity contribution in [1.29, 1.82) is 0 Å². The second kappa shape index (κ2) is 29.3. The summed E-state index contributed by atoms with van der Waals surface area (Å²) >= 11 is 0. The Hall–Kier alpha value is 2.78. The van der Waals surface area contributed by atoms with E-state index in [-0.39, 0.29) is 94.4 Å². The Kier molecular flexibility index (Phi) is 271. The van der Waals surface area contributed by atoms with Gasteiger partial charge in [0, 0.05) is 94.4 Å². The van der Waals surface area contributed by atoms with Gasteiger partial charge in [-0.15, -0.1) is 0 Å². The molecular formula is BCoLaMnNi. The molecule has 0 saturated heterocycles. The third kappa shape index (κ3) is 20.0. The molecule has 0 heterocycles. The van der Waals surface area contributed by atoms with Crippen LogP contribution in [0.25, 0.3) is 0 Å². The van der Waals surface area contributed by atoms with Crippen LogP contribution < -0.4 is 0 Å². The number of hydrogen-bond donors (Lipinski definition) is 0. The van der Waals surface area contributed by atoms with Gasteiger partial charge in [0.1, 0.15) is 0 Å². The quantitative estimate of drug-likeness (QED) is 0.533. The molecule has 5 heavy (non-hydrogen) atoms. The first kappa shape index (κ1) is 46.3. The predicted molar refractivity (Wildman–Crippen MR) is 5.75 cm³/mol. The van der Waals surface area contributed by atoms with Gasteiger partial charge in [-0.2, -0.15) is 0 Å². The molecule has 0 aromatic rings. The zero-order valence-electron chi connectivity index (χ0n) is 2.18. The Morgan fingerprint density at radius 3 is 1.00 bits per heavy atom. The predicted octanol–water partition coefficient (Wildman–Crippen LogP) is -0.388. The van der Waals surface area contributed by atoms with Gasteiger partial charge in [0.05, 0.1) is 0 Å². The summed E-state index contributed by atoms with van der Waals surface area (Å²) < 4.78 is 0. The van der Waals surface area contributed by atoms with E-state index < -0.39 is 0 Å². The van der Waals surface area contributed by atoms with E-state index in [1.807, 2.05) is 0 Å². The molecule has 0 saturated carbocycles. The van der Waals surface area contributed by atoms with Crippen molar-refractivity contribution in [3.05, 3.63) is 0 Å². The molecule has 0 aliphatic rings. The van der Waals surface area contributed by atoms with Crippen LogP contribution in [-0.2, 0) is 50.3 Å². The first-order valence-corrected chi connectivity index (χ1v) is 0. The van der Waals surface area contributed by atoms with E-state index >= 15 is 0 Å². The SMILES string of the molecule is [B].[Co].[La].[Mn].[Ni]. The molecule has 0 spiro atoms. The molecule has 0 rings (SSSR count). The van der Waals surface area contributed by atoms with Gasteiger partial charge in [-0.05, 0) is 0 Å². The van der Waals surface area contributed by atoms with Gasteiger partial charge in [0.15, 0.2) is 0 Å². The normalized spacial score (nSPS) is 0. The summed E-state index contributed by atoms with van der Waals surface area (Å²) in [6.07, 6.45) is 0.